The van der Waals surface area contributed by atoms with Crippen molar-refractivity contribution in [2.75, 3.05) is 5.32 Å². The van der Waals surface area contributed by atoms with E-state index in [1.165, 1.54) is 16.9 Å². The van der Waals surface area contributed by atoms with Gasteiger partial charge in [-0.1, -0.05) is 12.1 Å². The normalized spacial score (nSPS) is 15.6. The quantitative estimate of drug-likeness (QED) is 0.712. The molecule has 6 nitrogen and oxygen atoms in total. The molecule has 1 heterocycles. The number of hydrogen-bond donors (Lipinski definition) is 2. The summed E-state index contributed by atoms with van der Waals surface area (Å²) in [6.45, 7) is 0.286. The van der Waals surface area contributed by atoms with Gasteiger partial charge < -0.3 is 10.4 Å². The van der Waals surface area contributed by atoms with Gasteiger partial charge in [-0.2, -0.15) is 18.0 Å². The van der Waals surface area contributed by atoms with Gasteiger partial charge in [0.2, 0.25) is 5.82 Å². The van der Waals surface area contributed by atoms with Crippen LogP contribution >= 0.6 is 0 Å². The molecule has 0 bridgehead atoms. The van der Waals surface area contributed by atoms with E-state index in [0.29, 0.717) is 22.8 Å². The second kappa shape index (κ2) is 6.34. The molecular formula is C18H16F3N5O. The van der Waals surface area contributed by atoms with E-state index in [4.69, 9.17) is 0 Å². The predicted octanol–water partition coefficient (Wildman–Crippen LogP) is 3.63. The Morgan fingerprint density at radius 1 is 1.07 bits per heavy atom. The highest BCUT2D eigenvalue weighted by atomic mass is 19.4. The van der Waals surface area contributed by atoms with E-state index in [2.05, 4.69) is 20.7 Å². The number of nitrogens with zero attached hydrogens (tertiary/aromatic N) is 4. The molecule has 1 fully saturated rings. The number of aliphatic hydroxyl groups is 1. The van der Waals surface area contributed by atoms with Crippen molar-refractivity contribution in [3.63, 3.8) is 0 Å². The van der Waals surface area contributed by atoms with E-state index in [9.17, 15) is 18.3 Å². The van der Waals surface area contributed by atoms with E-state index in [1.54, 1.807) is 18.2 Å². The van der Waals surface area contributed by atoms with Gasteiger partial charge >= 0.3 is 6.18 Å². The highest BCUT2D eigenvalue weighted by Gasteiger charge is 2.41. The van der Waals surface area contributed by atoms with E-state index < -0.39 is 17.3 Å². The van der Waals surface area contributed by atoms with Crippen LogP contribution < -0.4 is 5.32 Å². The summed E-state index contributed by atoms with van der Waals surface area (Å²) in [5.41, 5.74) is 0.364. The van der Waals surface area contributed by atoms with Gasteiger partial charge in [0.15, 0.2) is 0 Å². The number of alkyl halides is 3. The molecule has 3 aromatic rings. The SMILES string of the molecule is OC1(Cn2nnc(-c3ccccc3Nc3ccc(C(F)(F)F)cc3)n2)CC1. The first kappa shape index (κ1) is 17.5. The molecule has 0 unspecified atom stereocenters. The third-order valence-electron chi connectivity index (χ3n) is 4.37. The molecule has 1 saturated carbocycles. The molecule has 9 heteroatoms. The molecule has 0 aliphatic heterocycles. The third-order valence-corrected chi connectivity index (χ3v) is 4.37. The Balaban J connectivity index is 1.56. The van der Waals surface area contributed by atoms with E-state index in [-0.39, 0.29) is 6.54 Å². The van der Waals surface area contributed by atoms with Gasteiger partial charge in [-0.05, 0) is 54.5 Å². The highest BCUT2D eigenvalue weighted by molar-refractivity contribution is 5.77. The van der Waals surface area contributed by atoms with Crippen LogP contribution in [0.5, 0.6) is 0 Å². The molecule has 1 aliphatic carbocycles. The second-order valence-corrected chi connectivity index (χ2v) is 6.61. The van der Waals surface area contributed by atoms with Gasteiger partial charge in [0.25, 0.3) is 0 Å². The van der Waals surface area contributed by atoms with Crippen LogP contribution in [0.3, 0.4) is 0 Å². The van der Waals surface area contributed by atoms with Crippen molar-refractivity contribution in [2.24, 2.45) is 0 Å². The fourth-order valence-corrected chi connectivity index (χ4v) is 2.67. The maximum Gasteiger partial charge on any atom is 0.416 e. The van der Waals surface area contributed by atoms with Crippen molar-refractivity contribution in [3.8, 4) is 11.4 Å². The fraction of sp³-hybridized carbons (Fsp3) is 0.278. The molecule has 27 heavy (non-hydrogen) atoms. The van der Waals surface area contributed by atoms with Gasteiger partial charge in [-0.3, -0.25) is 0 Å². The first-order valence-corrected chi connectivity index (χ1v) is 8.36. The minimum absolute atomic E-state index is 0.286. The van der Waals surface area contributed by atoms with Crippen LogP contribution in [0.1, 0.15) is 18.4 Å². The van der Waals surface area contributed by atoms with Crippen molar-refractivity contribution < 1.29 is 18.3 Å². The van der Waals surface area contributed by atoms with E-state index >= 15 is 0 Å². The van der Waals surface area contributed by atoms with Gasteiger partial charge in [0.1, 0.15) is 0 Å². The molecule has 2 aromatic carbocycles. The summed E-state index contributed by atoms with van der Waals surface area (Å²) in [5, 5.41) is 25.4. The molecule has 0 atom stereocenters. The summed E-state index contributed by atoms with van der Waals surface area (Å²) in [6, 6.07) is 12.0. The number of aromatic nitrogens is 4. The lowest BCUT2D eigenvalue weighted by Gasteiger charge is -2.11. The van der Waals surface area contributed by atoms with Gasteiger partial charge in [0.05, 0.1) is 17.7 Å². The molecule has 140 valence electrons. The van der Waals surface area contributed by atoms with Gasteiger partial charge in [-0.15, -0.1) is 10.2 Å². The van der Waals surface area contributed by atoms with Crippen molar-refractivity contribution in [3.05, 3.63) is 54.1 Å². The van der Waals surface area contributed by atoms with Crippen molar-refractivity contribution in [1.29, 1.82) is 0 Å². The Hall–Kier alpha value is -2.94. The lowest BCUT2D eigenvalue weighted by Crippen LogP contribution is -2.19. The van der Waals surface area contributed by atoms with Crippen LogP contribution in [0.4, 0.5) is 24.5 Å². The van der Waals surface area contributed by atoms with Crippen LogP contribution in [0, 0.1) is 0 Å². The first-order chi connectivity index (χ1) is 12.8. The smallest absolute Gasteiger partial charge is 0.388 e. The highest BCUT2D eigenvalue weighted by Crippen LogP contribution is 2.36. The summed E-state index contributed by atoms with van der Waals surface area (Å²) in [5.74, 6) is 0.370. The third kappa shape index (κ3) is 3.92. The molecular weight excluding hydrogens is 359 g/mol. The Kier molecular flexibility index (Phi) is 4.11. The van der Waals surface area contributed by atoms with Gasteiger partial charge in [-0.25, -0.2) is 0 Å². The Morgan fingerprint density at radius 3 is 2.44 bits per heavy atom. The molecule has 0 saturated heterocycles. The molecule has 0 amide bonds. The minimum Gasteiger partial charge on any atom is -0.388 e. The van der Waals surface area contributed by atoms with Crippen LogP contribution in [0.15, 0.2) is 48.5 Å². The monoisotopic (exact) mass is 375 g/mol. The number of para-hydroxylation sites is 1. The van der Waals surface area contributed by atoms with Crippen molar-refractivity contribution in [1.82, 2.24) is 20.2 Å². The summed E-state index contributed by atoms with van der Waals surface area (Å²) in [7, 11) is 0. The number of benzene rings is 2. The first-order valence-electron chi connectivity index (χ1n) is 8.36. The molecule has 1 aliphatic rings. The zero-order valence-electron chi connectivity index (χ0n) is 14.1. The maximum absolute atomic E-state index is 12.7. The molecule has 0 radical (unpaired) electrons. The second-order valence-electron chi connectivity index (χ2n) is 6.61. The topological polar surface area (TPSA) is 75.9 Å². The number of tetrazole rings is 1. The maximum atomic E-state index is 12.7. The Bertz CT molecular complexity index is 948. The molecule has 0 spiro atoms. The Labute approximate surface area is 152 Å². The zero-order chi connectivity index (χ0) is 19.1. The summed E-state index contributed by atoms with van der Waals surface area (Å²) in [6.07, 6.45) is -2.93. The number of halogens is 3. The number of hydrogen-bond acceptors (Lipinski definition) is 5. The predicted molar refractivity (Wildman–Crippen MR) is 92.2 cm³/mol. The largest absolute Gasteiger partial charge is 0.416 e. The average molecular weight is 375 g/mol. The van der Waals surface area contributed by atoms with Crippen LogP contribution in [-0.2, 0) is 12.7 Å². The number of rotatable bonds is 5. The van der Waals surface area contributed by atoms with Crippen LogP contribution in [-0.4, -0.2) is 30.9 Å². The minimum atomic E-state index is -4.37. The van der Waals surface area contributed by atoms with E-state index in [0.717, 1.165) is 25.0 Å². The lowest BCUT2D eigenvalue weighted by molar-refractivity contribution is -0.137. The molecule has 2 N–H and O–H groups in total. The van der Waals surface area contributed by atoms with Crippen LogP contribution in [0.2, 0.25) is 0 Å². The summed E-state index contributed by atoms with van der Waals surface area (Å²) < 4.78 is 38.1. The lowest BCUT2D eigenvalue weighted by atomic mass is 10.1. The molecule has 1 aromatic heterocycles. The van der Waals surface area contributed by atoms with E-state index in [1.807, 2.05) is 6.07 Å². The Morgan fingerprint density at radius 2 is 1.78 bits per heavy atom. The van der Waals surface area contributed by atoms with Crippen molar-refractivity contribution >= 4 is 11.4 Å². The van der Waals surface area contributed by atoms with Gasteiger partial charge in [0, 0.05) is 16.9 Å². The zero-order valence-corrected chi connectivity index (χ0v) is 14.1. The molecule has 4 rings (SSSR count). The van der Waals surface area contributed by atoms with Crippen molar-refractivity contribution in [2.45, 2.75) is 31.2 Å². The summed E-state index contributed by atoms with van der Waals surface area (Å²) in [4.78, 5) is 1.36. The summed E-state index contributed by atoms with van der Waals surface area (Å²) >= 11 is 0. The average Bonchev–Trinajstić information content (AvgIpc) is 3.17. The van der Waals surface area contributed by atoms with Crippen LogP contribution in [0.25, 0.3) is 11.4 Å². The number of anilines is 2. The fourth-order valence-electron chi connectivity index (χ4n) is 2.67. The number of nitrogens with one attached hydrogen (secondary N) is 1. The standard InChI is InChI=1S/C18H16F3N5O/c19-18(20,21)12-5-7-13(8-6-12)22-15-4-2-1-3-14(15)16-23-25-26(24-16)11-17(27)9-10-17/h1-8,22,27H,9-11H2.